The van der Waals surface area contributed by atoms with Crippen LogP contribution in [0, 0.1) is 12.3 Å². The van der Waals surface area contributed by atoms with Gasteiger partial charge in [-0.15, -0.1) is 11.3 Å². The quantitative estimate of drug-likeness (QED) is 0.815. The van der Waals surface area contributed by atoms with E-state index in [1.807, 2.05) is 27.0 Å². The Morgan fingerprint density at radius 2 is 2.18 bits per heavy atom. The van der Waals surface area contributed by atoms with Crippen LogP contribution in [0.1, 0.15) is 36.6 Å². The summed E-state index contributed by atoms with van der Waals surface area (Å²) < 4.78 is 0. The number of nitrogens with zero attached hydrogens (tertiary/aromatic N) is 1. The van der Waals surface area contributed by atoms with Crippen molar-refractivity contribution in [3.63, 3.8) is 0 Å². The van der Waals surface area contributed by atoms with Crippen molar-refractivity contribution in [2.45, 2.75) is 40.2 Å². The molecule has 0 radical (unpaired) electrons. The first kappa shape index (κ1) is 14.1. The Labute approximate surface area is 107 Å². The molecule has 1 amide bonds. The van der Waals surface area contributed by atoms with Gasteiger partial charge in [-0.3, -0.25) is 4.79 Å². The zero-order valence-corrected chi connectivity index (χ0v) is 11.6. The van der Waals surface area contributed by atoms with E-state index in [1.165, 1.54) is 0 Å². The maximum absolute atomic E-state index is 12.1. The first-order chi connectivity index (χ1) is 8.07. The Morgan fingerprint density at radius 1 is 1.53 bits per heavy atom. The molecule has 0 aliphatic carbocycles. The van der Waals surface area contributed by atoms with Crippen LogP contribution in [0.25, 0.3) is 0 Å². The molecular weight excluding hydrogens is 234 g/mol. The Hall–Kier alpha value is -0.940. The van der Waals surface area contributed by atoms with Gasteiger partial charge in [0.05, 0.1) is 12.0 Å². The highest BCUT2D eigenvalue weighted by Crippen LogP contribution is 2.25. The van der Waals surface area contributed by atoms with Gasteiger partial charge in [0.1, 0.15) is 5.01 Å². The van der Waals surface area contributed by atoms with Crippen molar-refractivity contribution in [2.24, 2.45) is 11.1 Å². The highest BCUT2D eigenvalue weighted by atomic mass is 32.1. The number of hydrogen-bond donors (Lipinski definition) is 2. The lowest BCUT2D eigenvalue weighted by Crippen LogP contribution is -2.45. The standard InChI is InChI=1S/C12H21N3OS/c1-4-12(5-2,8-13)11(16)15-7-10-14-6-9(3)17-10/h6H,4-5,7-8,13H2,1-3H3,(H,15,16). The summed E-state index contributed by atoms with van der Waals surface area (Å²) in [7, 11) is 0. The summed E-state index contributed by atoms with van der Waals surface area (Å²) in [5.41, 5.74) is 5.30. The minimum Gasteiger partial charge on any atom is -0.349 e. The molecule has 0 saturated carbocycles. The molecule has 0 aromatic carbocycles. The number of carbonyl (C=O) groups excluding carboxylic acids is 1. The Bertz CT molecular complexity index is 363. The van der Waals surface area contributed by atoms with E-state index < -0.39 is 5.41 Å². The molecule has 0 aliphatic rings. The normalized spacial score (nSPS) is 11.5. The molecule has 1 aromatic heterocycles. The predicted molar refractivity (Wildman–Crippen MR) is 70.8 cm³/mol. The molecule has 0 saturated heterocycles. The molecule has 3 N–H and O–H groups in total. The van der Waals surface area contributed by atoms with Crippen LogP contribution < -0.4 is 11.1 Å². The van der Waals surface area contributed by atoms with E-state index in [9.17, 15) is 4.79 Å². The van der Waals surface area contributed by atoms with Gasteiger partial charge in [0, 0.05) is 17.6 Å². The average molecular weight is 255 g/mol. The van der Waals surface area contributed by atoms with Crippen molar-refractivity contribution in [3.05, 3.63) is 16.1 Å². The number of aromatic nitrogens is 1. The van der Waals surface area contributed by atoms with Gasteiger partial charge in [0.2, 0.25) is 5.91 Å². The Morgan fingerprint density at radius 3 is 2.59 bits per heavy atom. The van der Waals surface area contributed by atoms with Gasteiger partial charge in [-0.2, -0.15) is 0 Å². The van der Waals surface area contributed by atoms with Gasteiger partial charge < -0.3 is 11.1 Å². The van der Waals surface area contributed by atoms with Crippen LogP contribution >= 0.6 is 11.3 Å². The molecule has 96 valence electrons. The number of nitrogens with one attached hydrogen (secondary N) is 1. The van der Waals surface area contributed by atoms with Gasteiger partial charge in [0.25, 0.3) is 0 Å². The Kier molecular flexibility index (Phi) is 5.08. The fourth-order valence-electron chi connectivity index (χ4n) is 1.78. The molecule has 1 heterocycles. The minimum atomic E-state index is -0.424. The number of nitrogens with two attached hydrogens (primary N) is 1. The number of hydrogen-bond acceptors (Lipinski definition) is 4. The molecular formula is C12H21N3OS. The minimum absolute atomic E-state index is 0.0397. The third-order valence-electron chi connectivity index (χ3n) is 3.30. The van der Waals surface area contributed by atoms with Gasteiger partial charge in [-0.25, -0.2) is 4.98 Å². The first-order valence-corrected chi connectivity index (χ1v) is 6.79. The van der Waals surface area contributed by atoms with Crippen LogP contribution in [-0.2, 0) is 11.3 Å². The maximum atomic E-state index is 12.1. The summed E-state index contributed by atoms with van der Waals surface area (Å²) in [4.78, 5) is 17.5. The summed E-state index contributed by atoms with van der Waals surface area (Å²) in [6.45, 7) is 6.90. The maximum Gasteiger partial charge on any atom is 0.227 e. The second kappa shape index (κ2) is 6.12. The zero-order valence-electron chi connectivity index (χ0n) is 10.7. The highest BCUT2D eigenvalue weighted by Gasteiger charge is 2.32. The number of amides is 1. The van der Waals surface area contributed by atoms with Crippen LogP contribution in [-0.4, -0.2) is 17.4 Å². The molecule has 5 heteroatoms. The first-order valence-electron chi connectivity index (χ1n) is 5.97. The van der Waals surface area contributed by atoms with Crippen LogP contribution in [0.2, 0.25) is 0 Å². The number of aryl methyl sites for hydroxylation is 1. The Balaban J connectivity index is 2.59. The van der Waals surface area contributed by atoms with Crippen LogP contribution in [0.5, 0.6) is 0 Å². The predicted octanol–water partition coefficient (Wildman–Crippen LogP) is 1.83. The van der Waals surface area contributed by atoms with Gasteiger partial charge in [-0.1, -0.05) is 13.8 Å². The number of thiazole rings is 1. The van der Waals surface area contributed by atoms with E-state index in [2.05, 4.69) is 10.3 Å². The van der Waals surface area contributed by atoms with Crippen LogP contribution in [0.3, 0.4) is 0 Å². The summed E-state index contributed by atoms with van der Waals surface area (Å²) in [5.74, 6) is 0.0397. The smallest absolute Gasteiger partial charge is 0.227 e. The molecule has 0 spiro atoms. The van der Waals surface area contributed by atoms with Crippen molar-refractivity contribution in [1.82, 2.24) is 10.3 Å². The molecule has 0 fully saturated rings. The third-order valence-corrected chi connectivity index (χ3v) is 4.21. The topological polar surface area (TPSA) is 68.0 Å². The molecule has 1 rings (SSSR count). The number of carbonyl (C=O) groups is 1. The van der Waals surface area contributed by atoms with E-state index in [0.29, 0.717) is 13.1 Å². The largest absolute Gasteiger partial charge is 0.349 e. The van der Waals surface area contributed by atoms with Crippen molar-refractivity contribution in [1.29, 1.82) is 0 Å². The molecule has 4 nitrogen and oxygen atoms in total. The molecule has 0 bridgehead atoms. The van der Waals surface area contributed by atoms with E-state index >= 15 is 0 Å². The lowest BCUT2D eigenvalue weighted by molar-refractivity contribution is -0.131. The fourth-order valence-corrected chi connectivity index (χ4v) is 2.51. The van der Waals surface area contributed by atoms with Gasteiger partial charge in [0.15, 0.2) is 0 Å². The van der Waals surface area contributed by atoms with Crippen molar-refractivity contribution in [3.8, 4) is 0 Å². The van der Waals surface area contributed by atoms with E-state index in [4.69, 9.17) is 5.73 Å². The summed E-state index contributed by atoms with van der Waals surface area (Å²) in [6.07, 6.45) is 3.35. The molecule has 1 aromatic rings. The lowest BCUT2D eigenvalue weighted by atomic mass is 9.81. The molecule has 0 aliphatic heterocycles. The van der Waals surface area contributed by atoms with Gasteiger partial charge in [-0.05, 0) is 19.8 Å². The molecule has 0 unspecified atom stereocenters. The number of rotatable bonds is 6. The highest BCUT2D eigenvalue weighted by molar-refractivity contribution is 7.11. The molecule has 0 atom stereocenters. The monoisotopic (exact) mass is 255 g/mol. The zero-order chi connectivity index (χ0) is 12.9. The second-order valence-corrected chi connectivity index (χ2v) is 5.56. The van der Waals surface area contributed by atoms with E-state index in [0.717, 1.165) is 22.7 Å². The SMILES string of the molecule is CCC(CC)(CN)C(=O)NCc1ncc(C)s1. The summed E-state index contributed by atoms with van der Waals surface area (Å²) in [5, 5.41) is 3.87. The van der Waals surface area contributed by atoms with Crippen molar-refractivity contribution < 1.29 is 4.79 Å². The lowest BCUT2D eigenvalue weighted by Gasteiger charge is -2.28. The van der Waals surface area contributed by atoms with Crippen molar-refractivity contribution in [2.75, 3.05) is 6.54 Å². The molecule has 17 heavy (non-hydrogen) atoms. The van der Waals surface area contributed by atoms with Crippen molar-refractivity contribution >= 4 is 17.2 Å². The fraction of sp³-hybridized carbons (Fsp3) is 0.667. The third kappa shape index (κ3) is 3.26. The van der Waals surface area contributed by atoms with Crippen LogP contribution in [0.4, 0.5) is 0 Å². The van der Waals surface area contributed by atoms with E-state index in [1.54, 1.807) is 11.3 Å². The van der Waals surface area contributed by atoms with Crippen LogP contribution in [0.15, 0.2) is 6.20 Å². The van der Waals surface area contributed by atoms with E-state index in [-0.39, 0.29) is 5.91 Å². The summed E-state index contributed by atoms with van der Waals surface area (Å²) in [6, 6.07) is 0. The summed E-state index contributed by atoms with van der Waals surface area (Å²) >= 11 is 1.61. The second-order valence-electron chi connectivity index (χ2n) is 4.24. The van der Waals surface area contributed by atoms with Gasteiger partial charge >= 0.3 is 0 Å². The average Bonchev–Trinajstić information content (AvgIpc) is 2.75.